The molecule has 2 heterocycles. The summed E-state index contributed by atoms with van der Waals surface area (Å²) in [6.07, 6.45) is 2.58. The van der Waals surface area contributed by atoms with E-state index in [0.717, 1.165) is 28.0 Å². The summed E-state index contributed by atoms with van der Waals surface area (Å²) in [6.45, 7) is 1.79. The van der Waals surface area contributed by atoms with Crippen molar-refractivity contribution < 1.29 is 9.53 Å². The van der Waals surface area contributed by atoms with E-state index in [2.05, 4.69) is 26.3 Å². The predicted molar refractivity (Wildman–Crippen MR) is 126 cm³/mol. The summed E-state index contributed by atoms with van der Waals surface area (Å²) in [5.74, 6) is 1.90. The Balaban J connectivity index is 1.59. The van der Waals surface area contributed by atoms with Gasteiger partial charge >= 0.3 is 0 Å². The SMILES string of the molecule is Cc1nc([C@H](Cc2c[nH]c3ccccc23)NC(=O)COc2ccccc2)cc(N(C)C)n1. The summed E-state index contributed by atoms with van der Waals surface area (Å²) < 4.78 is 5.64. The van der Waals surface area contributed by atoms with E-state index in [1.807, 2.05) is 86.7 Å². The van der Waals surface area contributed by atoms with Gasteiger partial charge in [0.15, 0.2) is 6.61 Å². The number of para-hydroxylation sites is 2. The number of hydrogen-bond donors (Lipinski definition) is 2. The molecule has 0 bridgehead atoms. The first-order valence-electron chi connectivity index (χ1n) is 10.5. The number of carbonyl (C=O) groups excluding carboxylic acids is 1. The minimum absolute atomic E-state index is 0.0704. The highest BCUT2D eigenvalue weighted by atomic mass is 16.5. The molecule has 0 aliphatic rings. The maximum absolute atomic E-state index is 12.8. The fourth-order valence-corrected chi connectivity index (χ4v) is 3.63. The molecule has 4 aromatic rings. The molecule has 1 amide bonds. The Bertz CT molecular complexity index is 1200. The molecule has 0 radical (unpaired) electrons. The van der Waals surface area contributed by atoms with Gasteiger partial charge in [0, 0.05) is 43.7 Å². The van der Waals surface area contributed by atoms with Crippen molar-refractivity contribution in [1.29, 1.82) is 0 Å². The lowest BCUT2D eigenvalue weighted by molar-refractivity contribution is -0.123. The van der Waals surface area contributed by atoms with Crippen LogP contribution in [-0.2, 0) is 11.2 Å². The zero-order valence-electron chi connectivity index (χ0n) is 18.5. The van der Waals surface area contributed by atoms with Crippen LogP contribution >= 0.6 is 0 Å². The molecule has 4 rings (SSSR count). The number of fused-ring (bicyclic) bond motifs is 1. The minimum atomic E-state index is -0.332. The van der Waals surface area contributed by atoms with Crippen LogP contribution in [0.1, 0.15) is 23.1 Å². The van der Waals surface area contributed by atoms with E-state index >= 15 is 0 Å². The Morgan fingerprint density at radius 3 is 2.62 bits per heavy atom. The highest BCUT2D eigenvalue weighted by Crippen LogP contribution is 2.25. The third-order valence-corrected chi connectivity index (χ3v) is 5.21. The molecule has 7 nitrogen and oxygen atoms in total. The van der Waals surface area contributed by atoms with Crippen LogP contribution in [0.2, 0.25) is 0 Å². The van der Waals surface area contributed by atoms with Crippen LogP contribution in [0, 0.1) is 6.92 Å². The van der Waals surface area contributed by atoms with Gasteiger partial charge in [-0.15, -0.1) is 0 Å². The Morgan fingerprint density at radius 2 is 1.84 bits per heavy atom. The molecule has 0 spiro atoms. The number of nitrogens with one attached hydrogen (secondary N) is 2. The largest absolute Gasteiger partial charge is 0.484 e. The molecule has 0 saturated heterocycles. The monoisotopic (exact) mass is 429 g/mol. The molecule has 1 atom stereocenters. The number of aromatic amines is 1. The van der Waals surface area contributed by atoms with Crippen LogP contribution in [-0.4, -0.2) is 41.6 Å². The fraction of sp³-hybridized carbons (Fsp3) is 0.240. The predicted octanol–water partition coefficient (Wildman–Crippen LogP) is 3.81. The smallest absolute Gasteiger partial charge is 0.258 e. The second-order valence-electron chi connectivity index (χ2n) is 7.88. The first kappa shape index (κ1) is 21.4. The van der Waals surface area contributed by atoms with Crippen molar-refractivity contribution >= 4 is 22.6 Å². The number of carbonyl (C=O) groups is 1. The molecule has 32 heavy (non-hydrogen) atoms. The lowest BCUT2D eigenvalue weighted by Crippen LogP contribution is -2.34. The Hall–Kier alpha value is -3.87. The van der Waals surface area contributed by atoms with Crippen LogP contribution in [0.3, 0.4) is 0 Å². The molecule has 0 unspecified atom stereocenters. The third kappa shape index (κ3) is 5.06. The van der Waals surface area contributed by atoms with Crippen molar-refractivity contribution in [3.05, 3.63) is 83.9 Å². The maximum Gasteiger partial charge on any atom is 0.258 e. The van der Waals surface area contributed by atoms with Gasteiger partial charge in [-0.25, -0.2) is 9.97 Å². The second-order valence-corrected chi connectivity index (χ2v) is 7.88. The maximum atomic E-state index is 12.8. The molecular formula is C25H27N5O2. The average Bonchev–Trinajstić information content (AvgIpc) is 3.20. The standard InChI is InChI=1S/C25H27N5O2/c1-17-27-23(14-24(28-17)30(2)3)22(13-18-15-26-21-12-8-7-11-20(18)21)29-25(31)16-32-19-9-5-4-6-10-19/h4-12,14-15,22,26H,13,16H2,1-3H3,(H,29,31)/t22-/m0/s1. The average molecular weight is 430 g/mol. The Labute approximate surface area is 187 Å². The number of ether oxygens (including phenoxy) is 1. The van der Waals surface area contributed by atoms with E-state index in [0.29, 0.717) is 18.0 Å². The molecular weight excluding hydrogens is 402 g/mol. The highest BCUT2D eigenvalue weighted by molar-refractivity contribution is 5.83. The summed E-state index contributed by atoms with van der Waals surface area (Å²) in [7, 11) is 3.87. The van der Waals surface area contributed by atoms with Gasteiger partial charge in [-0.2, -0.15) is 0 Å². The molecule has 2 aromatic carbocycles. The second kappa shape index (κ2) is 9.51. The van der Waals surface area contributed by atoms with Gasteiger partial charge in [-0.05, 0) is 30.7 Å². The molecule has 7 heteroatoms. The van der Waals surface area contributed by atoms with Gasteiger partial charge in [0.1, 0.15) is 17.4 Å². The van der Waals surface area contributed by atoms with Crippen LogP contribution in [0.4, 0.5) is 5.82 Å². The topological polar surface area (TPSA) is 83.1 Å². The van der Waals surface area contributed by atoms with Crippen molar-refractivity contribution in [2.45, 2.75) is 19.4 Å². The third-order valence-electron chi connectivity index (χ3n) is 5.21. The summed E-state index contributed by atoms with van der Waals surface area (Å²) in [6, 6.07) is 19.0. The van der Waals surface area contributed by atoms with Crippen LogP contribution in [0.25, 0.3) is 10.9 Å². The molecule has 0 fully saturated rings. The highest BCUT2D eigenvalue weighted by Gasteiger charge is 2.20. The molecule has 0 saturated carbocycles. The first-order valence-corrected chi connectivity index (χ1v) is 10.5. The van der Waals surface area contributed by atoms with E-state index < -0.39 is 0 Å². The van der Waals surface area contributed by atoms with Crippen molar-refractivity contribution in [2.24, 2.45) is 0 Å². The van der Waals surface area contributed by atoms with E-state index in [-0.39, 0.29) is 18.6 Å². The molecule has 2 N–H and O–H groups in total. The number of benzene rings is 2. The first-order chi connectivity index (χ1) is 15.5. The lowest BCUT2D eigenvalue weighted by Gasteiger charge is -2.21. The van der Waals surface area contributed by atoms with Crippen LogP contribution in [0.5, 0.6) is 5.75 Å². The van der Waals surface area contributed by atoms with Crippen LogP contribution in [0.15, 0.2) is 66.9 Å². The lowest BCUT2D eigenvalue weighted by atomic mass is 10.0. The Kier molecular flexibility index (Phi) is 6.35. The summed E-state index contributed by atoms with van der Waals surface area (Å²) in [5.41, 5.74) is 2.94. The van der Waals surface area contributed by atoms with Gasteiger partial charge in [0.2, 0.25) is 0 Å². The van der Waals surface area contributed by atoms with Gasteiger partial charge in [0.05, 0.1) is 11.7 Å². The Morgan fingerprint density at radius 1 is 1.09 bits per heavy atom. The normalized spacial score (nSPS) is 11.8. The van der Waals surface area contributed by atoms with E-state index in [1.165, 1.54) is 0 Å². The fourth-order valence-electron chi connectivity index (χ4n) is 3.63. The van der Waals surface area contributed by atoms with E-state index in [4.69, 9.17) is 4.74 Å². The van der Waals surface area contributed by atoms with Gasteiger partial charge < -0.3 is 19.9 Å². The van der Waals surface area contributed by atoms with Gasteiger partial charge in [0.25, 0.3) is 5.91 Å². The number of nitrogens with zero attached hydrogens (tertiary/aromatic N) is 3. The molecule has 164 valence electrons. The minimum Gasteiger partial charge on any atom is -0.484 e. The number of aromatic nitrogens is 3. The van der Waals surface area contributed by atoms with Crippen molar-refractivity contribution in [1.82, 2.24) is 20.3 Å². The number of amides is 1. The number of anilines is 1. The number of H-pyrrole nitrogens is 1. The quantitative estimate of drug-likeness (QED) is 0.445. The van der Waals surface area contributed by atoms with E-state index in [9.17, 15) is 4.79 Å². The summed E-state index contributed by atoms with van der Waals surface area (Å²) in [5, 5.41) is 4.24. The summed E-state index contributed by atoms with van der Waals surface area (Å²) >= 11 is 0. The molecule has 0 aliphatic carbocycles. The number of rotatable bonds is 8. The zero-order valence-corrected chi connectivity index (χ0v) is 18.5. The van der Waals surface area contributed by atoms with Crippen molar-refractivity contribution in [3.63, 3.8) is 0 Å². The summed E-state index contributed by atoms with van der Waals surface area (Å²) in [4.78, 5) is 27.2. The molecule has 2 aromatic heterocycles. The molecule has 0 aliphatic heterocycles. The van der Waals surface area contributed by atoms with Crippen molar-refractivity contribution in [3.8, 4) is 5.75 Å². The number of aryl methyl sites for hydroxylation is 1. The van der Waals surface area contributed by atoms with Gasteiger partial charge in [-0.1, -0.05) is 36.4 Å². The zero-order chi connectivity index (χ0) is 22.5. The van der Waals surface area contributed by atoms with Crippen molar-refractivity contribution in [2.75, 3.05) is 25.6 Å². The van der Waals surface area contributed by atoms with Crippen LogP contribution < -0.4 is 15.0 Å². The van der Waals surface area contributed by atoms with Gasteiger partial charge in [-0.3, -0.25) is 4.79 Å². The van der Waals surface area contributed by atoms with E-state index in [1.54, 1.807) is 0 Å². The number of hydrogen-bond acceptors (Lipinski definition) is 5.